The van der Waals surface area contributed by atoms with Crippen LogP contribution in [0.15, 0.2) is 60.7 Å². The number of carbonyl (C=O) groups excluding carboxylic acids is 8. The number of carbonyl (C=O) groups is 8. The van der Waals surface area contributed by atoms with E-state index in [4.69, 9.17) is 9.47 Å². The van der Waals surface area contributed by atoms with E-state index in [2.05, 4.69) is 21.3 Å². The largest absolute Gasteiger partial charge is 0.465 e. The number of fused-ring (bicyclic) bond motifs is 2. The highest BCUT2D eigenvalue weighted by Gasteiger charge is 2.46. The first-order valence-corrected chi connectivity index (χ1v) is 20.7. The summed E-state index contributed by atoms with van der Waals surface area (Å²) in [5.74, 6) is -4.80. The first-order valence-electron chi connectivity index (χ1n) is 20.7. The van der Waals surface area contributed by atoms with Crippen LogP contribution in [0.1, 0.15) is 52.0 Å². The minimum Gasteiger partial charge on any atom is -0.465 e. The molecule has 330 valence electrons. The molecule has 0 spiro atoms. The molecule has 4 N–H and O–H groups in total. The molecule has 0 bridgehead atoms. The Morgan fingerprint density at radius 2 is 1.57 bits per heavy atom. The van der Waals surface area contributed by atoms with Gasteiger partial charge in [0.2, 0.25) is 29.5 Å². The van der Waals surface area contributed by atoms with E-state index in [0.29, 0.717) is 17.7 Å². The number of cyclic esters (lactones) is 1. The number of para-hydroxylation sites is 1. The van der Waals surface area contributed by atoms with Crippen molar-refractivity contribution < 1.29 is 47.8 Å². The third kappa shape index (κ3) is 12.0. The number of likely N-dealkylation sites (N-methyl/N-ethyl adjacent to an activating group) is 2. The topological polar surface area (TPSA) is 216 Å². The maximum absolute atomic E-state index is 14.8. The van der Waals surface area contributed by atoms with Gasteiger partial charge in [-0.3, -0.25) is 33.7 Å². The molecular weight excluding hydrogens is 789 g/mol. The highest BCUT2D eigenvalue weighted by molar-refractivity contribution is 5.98. The molecule has 7 amide bonds. The number of anilines is 1. The van der Waals surface area contributed by atoms with Gasteiger partial charge in [0.05, 0.1) is 13.2 Å². The Bertz CT molecular complexity index is 1920. The standard InChI is InChI=1S/C43H58N8O10/c1-26-22-34-42(58)61-28(3)36(47-37(53)31(23-29-14-9-7-10-15-29)46-43(59)45-30-16-11-8-12-17-30)41(57)50-20-13-18-33(50)40(56)49(6)32(19-21-60-35(52)25-48(4)5)38(54)44-27(2)39(55)51(34)24-26/h7-12,14-17,26-28,31-34,36H,13,18-25H2,1-6H3,(H,44,54)(H,47,53)(H2,45,46,59)/t26-,27+,28+,31+,32+,33+,34+,36+/m1/s1. The maximum Gasteiger partial charge on any atom is 0.329 e. The van der Waals surface area contributed by atoms with E-state index >= 15 is 0 Å². The minimum absolute atomic E-state index is 0.00571. The lowest BCUT2D eigenvalue weighted by Crippen LogP contribution is -2.62. The summed E-state index contributed by atoms with van der Waals surface area (Å²) in [6.07, 6.45) is -0.526. The van der Waals surface area contributed by atoms with Crippen molar-refractivity contribution in [3.05, 3.63) is 66.2 Å². The molecule has 0 saturated carbocycles. The van der Waals surface area contributed by atoms with Crippen LogP contribution in [0, 0.1) is 5.92 Å². The summed E-state index contributed by atoms with van der Waals surface area (Å²) >= 11 is 0. The van der Waals surface area contributed by atoms with Crippen LogP contribution in [0.3, 0.4) is 0 Å². The van der Waals surface area contributed by atoms with Crippen LogP contribution in [0.2, 0.25) is 0 Å². The number of hydrogen-bond acceptors (Lipinski definition) is 11. The van der Waals surface area contributed by atoms with Gasteiger partial charge in [-0.05, 0) is 70.8 Å². The molecule has 18 nitrogen and oxygen atoms in total. The number of ether oxygens (including phenoxy) is 2. The predicted octanol–water partition coefficient (Wildman–Crippen LogP) is 0.904. The Kier molecular flexibility index (Phi) is 15.8. The van der Waals surface area contributed by atoms with E-state index in [1.807, 2.05) is 13.0 Å². The second kappa shape index (κ2) is 21.0. The summed E-state index contributed by atoms with van der Waals surface area (Å²) in [5, 5.41) is 10.9. The quantitative estimate of drug-likeness (QED) is 0.233. The number of nitrogens with zero attached hydrogens (tertiary/aromatic N) is 4. The van der Waals surface area contributed by atoms with Crippen LogP contribution in [-0.2, 0) is 49.5 Å². The van der Waals surface area contributed by atoms with Crippen LogP contribution < -0.4 is 21.3 Å². The minimum atomic E-state index is -1.54. The number of rotatable bonds is 11. The summed E-state index contributed by atoms with van der Waals surface area (Å²) in [6.45, 7) is 4.87. The van der Waals surface area contributed by atoms with Gasteiger partial charge in [-0.15, -0.1) is 0 Å². The van der Waals surface area contributed by atoms with E-state index in [1.165, 1.54) is 35.6 Å². The van der Waals surface area contributed by atoms with Crippen LogP contribution in [0.5, 0.6) is 0 Å². The van der Waals surface area contributed by atoms with Gasteiger partial charge in [0.1, 0.15) is 42.4 Å². The van der Waals surface area contributed by atoms with Crippen molar-refractivity contribution in [2.75, 3.05) is 52.7 Å². The molecule has 2 aromatic carbocycles. The van der Waals surface area contributed by atoms with Crippen molar-refractivity contribution in [2.24, 2.45) is 5.92 Å². The molecular formula is C43H58N8O10. The molecule has 3 fully saturated rings. The zero-order valence-corrected chi connectivity index (χ0v) is 35.6. The molecule has 0 aliphatic carbocycles. The second-order valence-electron chi connectivity index (χ2n) is 16.3. The van der Waals surface area contributed by atoms with Crippen LogP contribution >= 0.6 is 0 Å². The fraction of sp³-hybridized carbons (Fsp3) is 0.535. The Morgan fingerprint density at radius 1 is 0.902 bits per heavy atom. The molecule has 3 aliphatic heterocycles. The number of amides is 7. The van der Waals surface area contributed by atoms with Gasteiger partial charge in [-0.25, -0.2) is 9.59 Å². The molecule has 8 atom stereocenters. The fourth-order valence-electron chi connectivity index (χ4n) is 7.95. The van der Waals surface area contributed by atoms with Crippen LogP contribution in [0.25, 0.3) is 0 Å². The predicted molar refractivity (Wildman–Crippen MR) is 222 cm³/mol. The number of nitrogens with one attached hydrogen (secondary N) is 4. The van der Waals surface area contributed by atoms with Crippen LogP contribution in [0.4, 0.5) is 10.5 Å². The number of hydrogen-bond donors (Lipinski definition) is 4. The fourth-order valence-corrected chi connectivity index (χ4v) is 7.95. The van der Waals surface area contributed by atoms with E-state index in [-0.39, 0.29) is 57.8 Å². The van der Waals surface area contributed by atoms with Crippen molar-refractivity contribution >= 4 is 53.2 Å². The van der Waals surface area contributed by atoms with Crippen molar-refractivity contribution in [2.45, 2.75) is 95.2 Å². The molecule has 18 heteroatoms. The normalized spacial score (nSPS) is 25.6. The van der Waals surface area contributed by atoms with Gasteiger partial charge < -0.3 is 45.4 Å². The number of esters is 2. The van der Waals surface area contributed by atoms with Crippen LogP contribution in [-0.4, -0.2) is 157 Å². The lowest BCUT2D eigenvalue weighted by Gasteiger charge is -2.36. The molecule has 5 rings (SSSR count). The highest BCUT2D eigenvalue weighted by Crippen LogP contribution is 2.27. The van der Waals surface area contributed by atoms with Gasteiger partial charge in [0, 0.05) is 38.7 Å². The molecule has 0 aromatic heterocycles. The first-order chi connectivity index (χ1) is 29.0. The van der Waals surface area contributed by atoms with Crippen molar-refractivity contribution in [1.29, 1.82) is 0 Å². The monoisotopic (exact) mass is 846 g/mol. The third-order valence-corrected chi connectivity index (χ3v) is 11.1. The van der Waals surface area contributed by atoms with Crippen molar-refractivity contribution in [3.63, 3.8) is 0 Å². The zero-order valence-electron chi connectivity index (χ0n) is 35.6. The highest BCUT2D eigenvalue weighted by atomic mass is 16.5. The van der Waals surface area contributed by atoms with Gasteiger partial charge in [0.25, 0.3) is 0 Å². The summed E-state index contributed by atoms with van der Waals surface area (Å²) in [4.78, 5) is 116. The SMILES string of the molecule is C[C@@H]1C[C@H]2C(=O)O[C@@H](C)[C@H](NC(=O)[C@H](Cc3ccccc3)NC(=O)Nc3ccccc3)C(=O)N3CCC[C@H]3C(=O)N(C)[C@@H](CCOC(=O)CN(C)C)C(=O)N[C@@H](C)C(=O)N2C1. The van der Waals surface area contributed by atoms with Gasteiger partial charge in [0.15, 0.2) is 0 Å². The summed E-state index contributed by atoms with van der Waals surface area (Å²) in [7, 11) is 4.81. The van der Waals surface area contributed by atoms with E-state index < -0.39 is 89.9 Å². The Hall–Kier alpha value is -6.04. The smallest absolute Gasteiger partial charge is 0.329 e. The summed E-state index contributed by atoms with van der Waals surface area (Å²) < 4.78 is 11.3. The second-order valence-corrected chi connectivity index (χ2v) is 16.3. The maximum atomic E-state index is 14.8. The van der Waals surface area contributed by atoms with Crippen molar-refractivity contribution in [3.8, 4) is 0 Å². The van der Waals surface area contributed by atoms with E-state index in [1.54, 1.807) is 73.6 Å². The Balaban J connectivity index is 1.48. The summed E-state index contributed by atoms with van der Waals surface area (Å²) in [5.41, 5.74) is 1.19. The van der Waals surface area contributed by atoms with Gasteiger partial charge in [-0.1, -0.05) is 55.5 Å². The van der Waals surface area contributed by atoms with Gasteiger partial charge >= 0.3 is 18.0 Å². The Labute approximate surface area is 356 Å². The molecule has 3 heterocycles. The molecule has 3 aliphatic rings. The number of benzene rings is 2. The first kappa shape index (κ1) is 46.0. The molecule has 2 aromatic rings. The average Bonchev–Trinajstić information content (AvgIpc) is 3.87. The van der Waals surface area contributed by atoms with E-state index in [9.17, 15) is 38.4 Å². The third-order valence-electron chi connectivity index (χ3n) is 11.1. The zero-order chi connectivity index (χ0) is 44.4. The number of urea groups is 1. The van der Waals surface area contributed by atoms with E-state index in [0.717, 1.165) is 0 Å². The lowest BCUT2D eigenvalue weighted by atomic mass is 10.0. The van der Waals surface area contributed by atoms with Gasteiger partial charge in [-0.2, -0.15) is 0 Å². The molecule has 61 heavy (non-hydrogen) atoms. The molecule has 0 unspecified atom stereocenters. The van der Waals surface area contributed by atoms with Crippen molar-refractivity contribution in [1.82, 2.24) is 35.6 Å². The lowest BCUT2D eigenvalue weighted by molar-refractivity contribution is -0.163. The molecule has 3 saturated heterocycles. The average molecular weight is 847 g/mol. The summed E-state index contributed by atoms with van der Waals surface area (Å²) in [6, 6.07) is 9.65. The molecule has 0 radical (unpaired) electrons. The Morgan fingerprint density at radius 3 is 2.25 bits per heavy atom.